The van der Waals surface area contributed by atoms with Crippen molar-refractivity contribution in [3.63, 3.8) is 0 Å². The van der Waals surface area contributed by atoms with E-state index in [0.29, 0.717) is 28.6 Å². The Labute approximate surface area is 143 Å². The smallest absolute Gasteiger partial charge is 0.273 e. The summed E-state index contributed by atoms with van der Waals surface area (Å²) in [5, 5.41) is 14.6. The van der Waals surface area contributed by atoms with Gasteiger partial charge in [-0.05, 0) is 45.0 Å². The molecule has 6 nitrogen and oxygen atoms in total. The molecule has 0 aliphatic heterocycles. The van der Waals surface area contributed by atoms with Crippen molar-refractivity contribution in [2.75, 3.05) is 12.4 Å². The van der Waals surface area contributed by atoms with Crippen LogP contribution in [0.2, 0.25) is 0 Å². The molecule has 7 heteroatoms. The molecule has 0 saturated heterocycles. The Morgan fingerprint density at radius 3 is 2.35 bits per heavy atom. The number of nitro groups is 1. The van der Waals surface area contributed by atoms with Crippen molar-refractivity contribution in [3.05, 3.63) is 28.3 Å². The third kappa shape index (κ3) is 4.79. The number of anilines is 1. The second-order valence-corrected chi connectivity index (χ2v) is 5.88. The van der Waals surface area contributed by atoms with E-state index in [1.807, 2.05) is 0 Å². The molecule has 128 valence electrons. The first kappa shape index (κ1) is 19.2. The maximum Gasteiger partial charge on any atom is 0.273 e. The van der Waals surface area contributed by atoms with Crippen LogP contribution in [0.3, 0.4) is 0 Å². The molecule has 0 heterocycles. The van der Waals surface area contributed by atoms with Crippen LogP contribution in [0.25, 0.3) is 0 Å². The van der Waals surface area contributed by atoms with Crippen molar-refractivity contribution < 1.29 is 9.66 Å². The Morgan fingerprint density at radius 1 is 1.35 bits per heavy atom. The molecule has 0 aromatic heterocycles. The monoisotopic (exact) mass is 339 g/mol. The quantitative estimate of drug-likeness (QED) is 0.456. The highest BCUT2D eigenvalue weighted by molar-refractivity contribution is 7.80. The first-order valence-corrected chi connectivity index (χ1v) is 8.18. The predicted molar refractivity (Wildman–Crippen MR) is 97.2 cm³/mol. The maximum absolute atomic E-state index is 10.9. The molecule has 0 unspecified atom stereocenters. The molecule has 0 radical (unpaired) electrons. The molecule has 0 bridgehead atoms. The van der Waals surface area contributed by atoms with Crippen LogP contribution in [0.5, 0.6) is 5.75 Å². The van der Waals surface area contributed by atoms with E-state index in [9.17, 15) is 10.1 Å². The largest absolute Gasteiger partial charge is 0.494 e. The average Bonchev–Trinajstić information content (AvgIpc) is 2.54. The van der Waals surface area contributed by atoms with Crippen molar-refractivity contribution in [2.24, 2.45) is 0 Å². The summed E-state index contributed by atoms with van der Waals surface area (Å²) >= 11 is 5.56. The Kier molecular flexibility index (Phi) is 7.22. The van der Waals surface area contributed by atoms with Gasteiger partial charge in [0.1, 0.15) is 5.75 Å². The number of nitro benzene ring substituents is 1. The number of methoxy groups -OCH3 is 1. The van der Waals surface area contributed by atoms with Crippen molar-refractivity contribution in [3.8, 4) is 5.75 Å². The van der Waals surface area contributed by atoms with Gasteiger partial charge in [-0.25, -0.2) is 0 Å². The fourth-order valence-corrected chi connectivity index (χ4v) is 2.77. The van der Waals surface area contributed by atoms with Crippen LogP contribution in [0.4, 0.5) is 11.4 Å². The van der Waals surface area contributed by atoms with Gasteiger partial charge < -0.3 is 15.0 Å². The third-order valence-corrected chi connectivity index (χ3v) is 4.32. The van der Waals surface area contributed by atoms with Crippen LogP contribution >= 0.6 is 12.2 Å². The van der Waals surface area contributed by atoms with Gasteiger partial charge in [0, 0.05) is 18.2 Å². The third-order valence-electron chi connectivity index (χ3n) is 4.00. The molecule has 1 aromatic carbocycles. The van der Waals surface area contributed by atoms with Gasteiger partial charge in [0.25, 0.3) is 5.69 Å². The van der Waals surface area contributed by atoms with Gasteiger partial charge in [0.2, 0.25) is 0 Å². The standard InChI is InChI=1S/C16H25N3O3S/c1-6-11(3)18(12(4)7-2)16(23)17-14-9-8-13(19(20)21)10-15(14)22-5/h8-12H,6-7H2,1-5H3,(H,17,23)/t11-,12+. The van der Waals surface area contributed by atoms with Crippen molar-refractivity contribution in [1.82, 2.24) is 4.90 Å². The first-order chi connectivity index (χ1) is 10.8. The van der Waals surface area contributed by atoms with Crippen molar-refractivity contribution >= 4 is 28.7 Å². The highest BCUT2D eigenvalue weighted by Gasteiger charge is 2.22. The van der Waals surface area contributed by atoms with Crippen LogP contribution in [0.15, 0.2) is 18.2 Å². The summed E-state index contributed by atoms with van der Waals surface area (Å²) in [6.07, 6.45) is 1.95. The SMILES string of the molecule is CC[C@@H](C)N(C(=S)Nc1ccc([N+](=O)[O-])cc1OC)[C@@H](C)CC. The number of nitrogens with one attached hydrogen (secondary N) is 1. The Morgan fingerprint density at radius 2 is 1.91 bits per heavy atom. The molecular weight excluding hydrogens is 314 g/mol. The normalized spacial score (nSPS) is 13.1. The lowest BCUT2D eigenvalue weighted by Gasteiger charge is -2.36. The zero-order valence-electron chi connectivity index (χ0n) is 14.3. The van der Waals surface area contributed by atoms with E-state index >= 15 is 0 Å². The first-order valence-electron chi connectivity index (χ1n) is 7.77. The highest BCUT2D eigenvalue weighted by atomic mass is 32.1. The fraction of sp³-hybridized carbons (Fsp3) is 0.562. The van der Waals surface area contributed by atoms with Gasteiger partial charge in [-0.15, -0.1) is 0 Å². The van der Waals surface area contributed by atoms with Gasteiger partial charge in [0.05, 0.1) is 23.8 Å². The van der Waals surface area contributed by atoms with E-state index in [1.165, 1.54) is 19.2 Å². The van der Waals surface area contributed by atoms with E-state index in [2.05, 4.69) is 37.9 Å². The van der Waals surface area contributed by atoms with Crippen LogP contribution in [-0.4, -0.2) is 34.1 Å². The molecule has 0 aliphatic rings. The Balaban J connectivity index is 3.04. The number of non-ortho nitro benzene ring substituents is 1. The summed E-state index contributed by atoms with van der Waals surface area (Å²) in [5.41, 5.74) is 0.610. The summed E-state index contributed by atoms with van der Waals surface area (Å²) in [5.74, 6) is 0.398. The fourth-order valence-electron chi connectivity index (χ4n) is 2.30. The molecule has 1 rings (SSSR count). The molecule has 0 spiro atoms. The zero-order valence-corrected chi connectivity index (χ0v) is 15.1. The average molecular weight is 339 g/mol. The van der Waals surface area contributed by atoms with Crippen LogP contribution in [0.1, 0.15) is 40.5 Å². The zero-order chi connectivity index (χ0) is 17.6. The minimum atomic E-state index is -0.449. The van der Waals surface area contributed by atoms with Crippen molar-refractivity contribution in [2.45, 2.75) is 52.6 Å². The van der Waals surface area contributed by atoms with Gasteiger partial charge in [0.15, 0.2) is 5.11 Å². The van der Waals surface area contributed by atoms with Crippen molar-refractivity contribution in [1.29, 1.82) is 0 Å². The van der Waals surface area contributed by atoms with Gasteiger partial charge in [-0.3, -0.25) is 10.1 Å². The molecule has 1 aromatic rings. The topological polar surface area (TPSA) is 67.6 Å². The highest BCUT2D eigenvalue weighted by Crippen LogP contribution is 2.29. The van der Waals surface area contributed by atoms with Crippen LogP contribution < -0.4 is 10.1 Å². The lowest BCUT2D eigenvalue weighted by atomic mass is 10.1. The minimum Gasteiger partial charge on any atom is -0.494 e. The molecule has 2 atom stereocenters. The van der Waals surface area contributed by atoms with Gasteiger partial charge >= 0.3 is 0 Å². The molecule has 23 heavy (non-hydrogen) atoms. The molecule has 0 saturated carbocycles. The van der Waals surface area contributed by atoms with Gasteiger partial charge in [-0.2, -0.15) is 0 Å². The number of hydrogen-bond donors (Lipinski definition) is 1. The molecule has 0 aliphatic carbocycles. The Hall–Kier alpha value is -1.89. The predicted octanol–water partition coefficient (Wildman–Crippen LogP) is 4.20. The van der Waals surface area contributed by atoms with Gasteiger partial charge in [-0.1, -0.05) is 13.8 Å². The number of thiocarbonyl (C=S) groups is 1. The molecule has 1 N–H and O–H groups in total. The summed E-state index contributed by atoms with van der Waals surface area (Å²) in [7, 11) is 1.48. The molecule has 0 fully saturated rings. The minimum absolute atomic E-state index is 0.0148. The summed E-state index contributed by atoms with van der Waals surface area (Å²) in [6.45, 7) is 8.50. The molecule has 0 amide bonds. The number of benzene rings is 1. The van der Waals surface area contributed by atoms with E-state index in [1.54, 1.807) is 6.07 Å². The number of hydrogen-bond acceptors (Lipinski definition) is 4. The van der Waals surface area contributed by atoms with E-state index < -0.39 is 4.92 Å². The molecular formula is C16H25N3O3S. The Bertz CT molecular complexity index is 556. The van der Waals surface area contributed by atoms with E-state index in [4.69, 9.17) is 17.0 Å². The summed E-state index contributed by atoms with van der Waals surface area (Å²) in [4.78, 5) is 12.6. The van der Waals surface area contributed by atoms with E-state index in [-0.39, 0.29) is 5.69 Å². The van der Waals surface area contributed by atoms with E-state index in [0.717, 1.165) is 12.8 Å². The second-order valence-electron chi connectivity index (χ2n) is 5.49. The number of rotatable bonds is 7. The lowest BCUT2D eigenvalue weighted by molar-refractivity contribution is -0.384. The maximum atomic E-state index is 10.9. The lowest BCUT2D eigenvalue weighted by Crippen LogP contribution is -2.46. The second kappa shape index (κ2) is 8.67. The number of ether oxygens (including phenoxy) is 1. The number of nitrogens with zero attached hydrogens (tertiary/aromatic N) is 2. The van der Waals surface area contributed by atoms with Crippen LogP contribution in [0, 0.1) is 10.1 Å². The summed E-state index contributed by atoms with van der Waals surface area (Å²) in [6, 6.07) is 5.05. The summed E-state index contributed by atoms with van der Waals surface area (Å²) < 4.78 is 5.25. The van der Waals surface area contributed by atoms with Crippen LogP contribution in [-0.2, 0) is 0 Å².